The van der Waals surface area contributed by atoms with Crippen LogP contribution in [0.1, 0.15) is 46.8 Å². The Morgan fingerprint density at radius 2 is 1.90 bits per heavy atom. The first-order chi connectivity index (χ1) is 14.2. The molecule has 1 saturated heterocycles. The zero-order valence-corrected chi connectivity index (χ0v) is 17.5. The van der Waals surface area contributed by atoms with Crippen LogP contribution in [0.25, 0.3) is 0 Å². The summed E-state index contributed by atoms with van der Waals surface area (Å²) in [5.41, 5.74) is 4.65. The number of rotatable bonds is 6. The van der Waals surface area contributed by atoms with E-state index in [1.807, 2.05) is 24.3 Å². The molecule has 5 nitrogen and oxygen atoms in total. The molecule has 2 aromatic rings. The molecule has 2 heterocycles. The average Bonchev–Trinajstić information content (AvgIpc) is 3.14. The van der Waals surface area contributed by atoms with Gasteiger partial charge in [-0.15, -0.1) is 0 Å². The lowest BCUT2D eigenvalue weighted by Gasteiger charge is -2.35. The number of nitrogens with one attached hydrogen (secondary N) is 1. The van der Waals surface area contributed by atoms with E-state index in [1.165, 1.54) is 36.1 Å². The number of amides is 1. The Kier molecular flexibility index (Phi) is 6.05. The predicted molar refractivity (Wildman–Crippen MR) is 117 cm³/mol. The lowest BCUT2D eigenvalue weighted by Crippen LogP contribution is -2.40. The van der Waals surface area contributed by atoms with Crippen molar-refractivity contribution in [2.24, 2.45) is 0 Å². The van der Waals surface area contributed by atoms with Gasteiger partial charge in [-0.3, -0.25) is 9.69 Å². The Balaban J connectivity index is 1.54. The summed E-state index contributed by atoms with van der Waals surface area (Å²) in [4.78, 5) is 17.7. The number of benzene rings is 2. The summed E-state index contributed by atoms with van der Waals surface area (Å²) < 4.78 is 5.36. The minimum Gasteiger partial charge on any atom is -0.496 e. The Labute approximate surface area is 173 Å². The molecule has 0 spiro atoms. The zero-order valence-electron chi connectivity index (χ0n) is 17.5. The summed E-state index contributed by atoms with van der Waals surface area (Å²) in [6.45, 7) is 3.86. The third-order valence-corrected chi connectivity index (χ3v) is 6.26. The number of likely N-dealkylation sites (tertiary alicyclic amines) is 1. The van der Waals surface area contributed by atoms with Crippen LogP contribution in [-0.2, 0) is 6.42 Å². The van der Waals surface area contributed by atoms with E-state index in [4.69, 9.17) is 4.74 Å². The van der Waals surface area contributed by atoms with Crippen LogP contribution in [0.2, 0.25) is 0 Å². The quantitative estimate of drug-likeness (QED) is 0.814. The van der Waals surface area contributed by atoms with E-state index < -0.39 is 0 Å². The van der Waals surface area contributed by atoms with Gasteiger partial charge in [0.2, 0.25) is 0 Å². The van der Waals surface area contributed by atoms with Crippen LogP contribution in [-0.4, -0.2) is 51.1 Å². The normalized spacial score (nSPS) is 17.7. The minimum atomic E-state index is -0.0784. The number of carbonyl (C=O) groups is 1. The number of para-hydroxylation sites is 1. The fraction of sp³-hybridized carbons (Fsp3) is 0.458. The van der Waals surface area contributed by atoms with E-state index in [1.54, 1.807) is 7.11 Å². The van der Waals surface area contributed by atoms with Gasteiger partial charge < -0.3 is 15.0 Å². The molecule has 0 unspecified atom stereocenters. The molecule has 2 aromatic carbocycles. The highest BCUT2D eigenvalue weighted by molar-refractivity contribution is 5.96. The molecule has 0 aromatic heterocycles. The molecule has 0 saturated carbocycles. The van der Waals surface area contributed by atoms with Gasteiger partial charge in [0.25, 0.3) is 5.91 Å². The van der Waals surface area contributed by atoms with Crippen LogP contribution in [0.3, 0.4) is 0 Å². The van der Waals surface area contributed by atoms with E-state index in [2.05, 4.69) is 40.4 Å². The number of fused-ring (bicyclic) bond motifs is 1. The summed E-state index contributed by atoms with van der Waals surface area (Å²) in [7, 11) is 3.76. The highest BCUT2D eigenvalue weighted by atomic mass is 16.5. The van der Waals surface area contributed by atoms with Crippen molar-refractivity contribution < 1.29 is 9.53 Å². The summed E-state index contributed by atoms with van der Waals surface area (Å²) in [6.07, 6.45) is 4.85. The summed E-state index contributed by atoms with van der Waals surface area (Å²) in [5.74, 6) is 0.533. The standard InChI is InChI=1S/C24H31N3O2/c1-26-15-12-19-16-18(10-11-21(19)26)22(27-13-6-3-7-14-27)17-25-24(28)20-8-4-5-9-23(20)29-2/h4-5,8-11,16,22H,3,6-7,12-15,17H2,1-2H3,(H,25,28)/t22-/m1/s1. The second-order valence-corrected chi connectivity index (χ2v) is 8.08. The first kappa shape index (κ1) is 19.8. The molecule has 0 aliphatic carbocycles. The number of hydrogen-bond donors (Lipinski definition) is 1. The van der Waals surface area contributed by atoms with Gasteiger partial charge in [-0.1, -0.05) is 30.7 Å². The smallest absolute Gasteiger partial charge is 0.255 e. The fourth-order valence-corrected chi connectivity index (χ4v) is 4.60. The number of ether oxygens (including phenoxy) is 1. The highest BCUT2D eigenvalue weighted by Crippen LogP contribution is 2.32. The Morgan fingerprint density at radius 3 is 2.69 bits per heavy atom. The van der Waals surface area contributed by atoms with Crippen LogP contribution < -0.4 is 15.0 Å². The molecule has 4 rings (SSSR count). The zero-order chi connectivity index (χ0) is 20.2. The second-order valence-electron chi connectivity index (χ2n) is 8.08. The van der Waals surface area contributed by atoms with Gasteiger partial charge in [0.15, 0.2) is 0 Å². The van der Waals surface area contributed by atoms with Crippen LogP contribution in [0.4, 0.5) is 5.69 Å². The van der Waals surface area contributed by atoms with Crippen molar-refractivity contribution >= 4 is 11.6 Å². The topological polar surface area (TPSA) is 44.8 Å². The maximum Gasteiger partial charge on any atom is 0.255 e. The first-order valence-corrected chi connectivity index (χ1v) is 10.7. The number of nitrogens with zero attached hydrogens (tertiary/aromatic N) is 2. The molecule has 0 bridgehead atoms. The Bertz CT molecular complexity index is 861. The van der Waals surface area contributed by atoms with Gasteiger partial charge in [-0.25, -0.2) is 0 Å². The molecule has 0 radical (unpaired) electrons. The van der Waals surface area contributed by atoms with Crippen LogP contribution in [0.15, 0.2) is 42.5 Å². The number of likely N-dealkylation sites (N-methyl/N-ethyl adjacent to an activating group) is 1. The summed E-state index contributed by atoms with van der Waals surface area (Å²) in [5, 5.41) is 3.18. The van der Waals surface area contributed by atoms with E-state index >= 15 is 0 Å². The minimum absolute atomic E-state index is 0.0784. The molecule has 1 atom stereocenters. The molecule has 1 N–H and O–H groups in total. The highest BCUT2D eigenvalue weighted by Gasteiger charge is 2.25. The largest absolute Gasteiger partial charge is 0.496 e. The summed E-state index contributed by atoms with van der Waals surface area (Å²) >= 11 is 0. The van der Waals surface area contributed by atoms with Gasteiger partial charge in [0.1, 0.15) is 5.75 Å². The molecule has 2 aliphatic rings. The van der Waals surface area contributed by atoms with Crippen molar-refractivity contribution in [3.63, 3.8) is 0 Å². The maximum absolute atomic E-state index is 12.9. The summed E-state index contributed by atoms with van der Waals surface area (Å²) in [6, 6.07) is 14.4. The molecule has 1 amide bonds. The lowest BCUT2D eigenvalue weighted by atomic mass is 9.98. The lowest BCUT2D eigenvalue weighted by molar-refractivity contribution is 0.0921. The van der Waals surface area contributed by atoms with E-state index in [9.17, 15) is 4.79 Å². The Morgan fingerprint density at radius 1 is 1.10 bits per heavy atom. The van der Waals surface area contributed by atoms with Crippen molar-refractivity contribution in [1.82, 2.24) is 10.2 Å². The van der Waals surface area contributed by atoms with Crippen molar-refractivity contribution in [3.8, 4) is 5.75 Å². The van der Waals surface area contributed by atoms with E-state index in [-0.39, 0.29) is 11.9 Å². The predicted octanol–water partition coefficient (Wildman–Crippen LogP) is 3.64. The van der Waals surface area contributed by atoms with Crippen molar-refractivity contribution in [2.75, 3.05) is 45.2 Å². The molecule has 5 heteroatoms. The first-order valence-electron chi connectivity index (χ1n) is 10.7. The second kappa shape index (κ2) is 8.87. The molecule has 29 heavy (non-hydrogen) atoms. The number of piperidine rings is 1. The molecular formula is C24H31N3O2. The molecular weight excluding hydrogens is 362 g/mol. The van der Waals surface area contributed by atoms with Crippen LogP contribution >= 0.6 is 0 Å². The van der Waals surface area contributed by atoms with E-state index in [0.717, 1.165) is 26.1 Å². The van der Waals surface area contributed by atoms with Gasteiger partial charge >= 0.3 is 0 Å². The van der Waals surface area contributed by atoms with Crippen LogP contribution in [0, 0.1) is 0 Å². The maximum atomic E-state index is 12.9. The average molecular weight is 394 g/mol. The Hall–Kier alpha value is -2.53. The van der Waals surface area contributed by atoms with Gasteiger partial charge in [0.05, 0.1) is 18.7 Å². The number of carbonyl (C=O) groups excluding carboxylic acids is 1. The third kappa shape index (κ3) is 4.25. The van der Waals surface area contributed by atoms with Crippen LogP contribution in [0.5, 0.6) is 5.75 Å². The van der Waals surface area contributed by atoms with E-state index in [0.29, 0.717) is 17.9 Å². The third-order valence-electron chi connectivity index (χ3n) is 6.26. The molecule has 2 aliphatic heterocycles. The number of hydrogen-bond acceptors (Lipinski definition) is 4. The van der Waals surface area contributed by atoms with Crippen molar-refractivity contribution in [1.29, 1.82) is 0 Å². The fourth-order valence-electron chi connectivity index (χ4n) is 4.60. The van der Waals surface area contributed by atoms with Crippen molar-refractivity contribution in [2.45, 2.75) is 31.7 Å². The van der Waals surface area contributed by atoms with Gasteiger partial charge in [-0.05, 0) is 61.7 Å². The molecule has 154 valence electrons. The SMILES string of the molecule is COc1ccccc1C(=O)NC[C@H](c1ccc2c(c1)CCN2C)N1CCCCC1. The van der Waals surface area contributed by atoms with Crippen molar-refractivity contribution in [3.05, 3.63) is 59.2 Å². The number of methoxy groups -OCH3 is 1. The monoisotopic (exact) mass is 393 g/mol. The van der Waals surface area contributed by atoms with Gasteiger partial charge in [0, 0.05) is 25.8 Å². The van der Waals surface area contributed by atoms with Gasteiger partial charge in [-0.2, -0.15) is 0 Å². The number of anilines is 1. The molecule has 1 fully saturated rings.